The highest BCUT2D eigenvalue weighted by Crippen LogP contribution is 2.33. The Balaban J connectivity index is 1.30. The van der Waals surface area contributed by atoms with Gasteiger partial charge in [-0.2, -0.15) is 5.26 Å². The number of nitrogens with zero attached hydrogens (tertiary/aromatic N) is 3. The van der Waals surface area contributed by atoms with Crippen LogP contribution in [-0.2, 0) is 11.3 Å². The fraction of sp³-hybridized carbons (Fsp3) is 0.458. The number of aromatic nitrogens is 1. The van der Waals surface area contributed by atoms with Crippen LogP contribution in [0.15, 0.2) is 30.5 Å². The van der Waals surface area contributed by atoms with E-state index in [2.05, 4.69) is 22.9 Å². The molecule has 0 amide bonds. The molecule has 1 saturated heterocycles. The first kappa shape index (κ1) is 21.3. The van der Waals surface area contributed by atoms with Crippen molar-refractivity contribution in [3.05, 3.63) is 58.3 Å². The van der Waals surface area contributed by atoms with Crippen molar-refractivity contribution in [3.63, 3.8) is 0 Å². The molecule has 1 N–H and O–H groups in total. The van der Waals surface area contributed by atoms with Crippen molar-refractivity contribution in [3.8, 4) is 11.9 Å². The lowest BCUT2D eigenvalue weighted by atomic mass is 9.81. The predicted molar refractivity (Wildman–Crippen MR) is 113 cm³/mol. The normalized spacial score (nSPS) is 18.7. The Bertz CT molecular complexity index is 1000. The molecule has 162 valence electrons. The Morgan fingerprint density at radius 1 is 1.32 bits per heavy atom. The molecule has 31 heavy (non-hydrogen) atoms. The van der Waals surface area contributed by atoms with Gasteiger partial charge in [-0.15, -0.1) is 0 Å². The van der Waals surface area contributed by atoms with Gasteiger partial charge in [0, 0.05) is 29.8 Å². The average Bonchev–Trinajstić information content (AvgIpc) is 3.16. The number of rotatable bonds is 6. The van der Waals surface area contributed by atoms with Gasteiger partial charge < -0.3 is 19.5 Å². The van der Waals surface area contributed by atoms with Crippen LogP contribution in [-0.4, -0.2) is 47.2 Å². The molecule has 7 nitrogen and oxygen atoms in total. The van der Waals surface area contributed by atoms with E-state index in [1.54, 1.807) is 18.2 Å². The van der Waals surface area contributed by atoms with Gasteiger partial charge in [0.05, 0.1) is 23.8 Å². The van der Waals surface area contributed by atoms with Crippen molar-refractivity contribution in [1.82, 2.24) is 9.88 Å². The predicted octanol–water partition coefficient (Wildman–Crippen LogP) is 3.15. The molecule has 0 bridgehead atoms. The van der Waals surface area contributed by atoms with Crippen molar-refractivity contribution in [1.29, 1.82) is 5.26 Å². The topological polar surface area (TPSA) is 95.7 Å². The number of ether oxygens (including phenoxy) is 2. The van der Waals surface area contributed by atoms with Crippen LogP contribution in [0.4, 0.5) is 0 Å². The second kappa shape index (κ2) is 8.66. The zero-order chi connectivity index (χ0) is 22.0. The summed E-state index contributed by atoms with van der Waals surface area (Å²) >= 11 is 0. The van der Waals surface area contributed by atoms with Crippen molar-refractivity contribution >= 4 is 5.97 Å². The number of carbonyl (C=O) groups excluding carboxylic acids is 1. The maximum Gasteiger partial charge on any atom is 0.338 e. The minimum absolute atomic E-state index is 0.0399. The molecule has 1 atom stereocenters. The third kappa shape index (κ3) is 4.55. The van der Waals surface area contributed by atoms with E-state index in [0.29, 0.717) is 30.2 Å². The number of likely N-dealkylation sites (tertiary alicyclic amines) is 1. The van der Waals surface area contributed by atoms with E-state index in [0.717, 1.165) is 42.6 Å². The molecular weight excluding hydrogens is 394 g/mol. The van der Waals surface area contributed by atoms with Gasteiger partial charge in [0.1, 0.15) is 12.7 Å². The molecule has 0 spiro atoms. The second-order valence-electron chi connectivity index (χ2n) is 8.79. The fourth-order valence-electron chi connectivity index (χ4n) is 4.27. The highest BCUT2D eigenvalue weighted by atomic mass is 16.5. The second-order valence-corrected chi connectivity index (χ2v) is 8.79. The number of nitriles is 1. The average molecular weight is 421 g/mol. The van der Waals surface area contributed by atoms with Gasteiger partial charge in [-0.05, 0) is 56.1 Å². The Kier molecular flexibility index (Phi) is 5.94. The lowest BCUT2D eigenvalue weighted by molar-refractivity contribution is 0.0395. The minimum Gasteiger partial charge on any atom is -0.477 e. The molecule has 1 fully saturated rings. The first-order valence-corrected chi connectivity index (χ1v) is 10.6. The monoisotopic (exact) mass is 421 g/mol. The molecule has 3 heterocycles. The van der Waals surface area contributed by atoms with E-state index < -0.39 is 6.10 Å². The van der Waals surface area contributed by atoms with E-state index in [9.17, 15) is 9.90 Å². The first-order chi connectivity index (χ1) is 14.9. The summed E-state index contributed by atoms with van der Waals surface area (Å²) in [5, 5.41) is 19.7. The maximum absolute atomic E-state index is 11.7. The van der Waals surface area contributed by atoms with Gasteiger partial charge in [-0.25, -0.2) is 9.78 Å². The van der Waals surface area contributed by atoms with Gasteiger partial charge in [0.25, 0.3) is 0 Å². The van der Waals surface area contributed by atoms with Crippen LogP contribution in [0.5, 0.6) is 5.88 Å². The highest BCUT2D eigenvalue weighted by Gasteiger charge is 2.32. The van der Waals surface area contributed by atoms with E-state index in [1.807, 2.05) is 13.0 Å². The Labute approximate surface area is 182 Å². The van der Waals surface area contributed by atoms with E-state index in [4.69, 9.17) is 14.7 Å². The molecule has 2 aromatic rings. The SMILES string of the molecule is Cc1c(C(O)CN2CCC(C)(COc3ccc(C#N)cn3)CC2)ccc2c1COC2=O. The number of aliphatic hydroxyl groups excluding tert-OH is 1. The van der Waals surface area contributed by atoms with E-state index >= 15 is 0 Å². The number of cyclic esters (lactones) is 1. The lowest BCUT2D eigenvalue weighted by Crippen LogP contribution is -2.43. The third-order valence-electron chi connectivity index (χ3n) is 6.50. The van der Waals surface area contributed by atoms with Crippen LogP contribution in [0.25, 0.3) is 0 Å². The van der Waals surface area contributed by atoms with Crippen LogP contribution in [0.2, 0.25) is 0 Å². The van der Waals surface area contributed by atoms with Crippen molar-refractivity contribution in [2.24, 2.45) is 5.41 Å². The number of β-amino-alcohol motifs (C(OH)–C–C–N with tert-alkyl or cyclic N) is 1. The van der Waals surface area contributed by atoms with E-state index in [-0.39, 0.29) is 18.0 Å². The van der Waals surface area contributed by atoms with Crippen LogP contribution in [0.3, 0.4) is 0 Å². The van der Waals surface area contributed by atoms with Crippen LogP contribution < -0.4 is 4.74 Å². The molecule has 2 aliphatic heterocycles. The molecule has 2 aliphatic rings. The summed E-state index contributed by atoms with van der Waals surface area (Å²) in [5.41, 5.74) is 3.86. The Hall–Kier alpha value is -2.95. The summed E-state index contributed by atoms with van der Waals surface area (Å²) in [6.45, 7) is 7.33. The lowest BCUT2D eigenvalue weighted by Gasteiger charge is -2.39. The number of carbonyl (C=O) groups is 1. The summed E-state index contributed by atoms with van der Waals surface area (Å²) in [6, 6.07) is 9.09. The molecular formula is C24H27N3O4. The maximum atomic E-state index is 11.7. The summed E-state index contributed by atoms with van der Waals surface area (Å²) in [4.78, 5) is 18.2. The first-order valence-electron chi connectivity index (χ1n) is 10.6. The van der Waals surface area contributed by atoms with Gasteiger partial charge in [-0.1, -0.05) is 13.0 Å². The number of aliphatic hydroxyl groups is 1. The Morgan fingerprint density at radius 2 is 2.10 bits per heavy atom. The van der Waals surface area contributed by atoms with Crippen LogP contribution in [0, 0.1) is 23.7 Å². The van der Waals surface area contributed by atoms with E-state index in [1.165, 1.54) is 6.20 Å². The molecule has 0 radical (unpaired) electrons. The standard InChI is InChI=1S/C24H27N3O4/c1-16-18(4-5-19-20(16)14-30-23(19)29)21(28)13-27-9-7-24(2,8-10-27)15-31-22-6-3-17(11-25)12-26-22/h3-6,12,21,28H,7-10,13-15H2,1-2H3. The summed E-state index contributed by atoms with van der Waals surface area (Å²) in [7, 11) is 0. The number of fused-ring (bicyclic) bond motifs is 1. The van der Waals surface area contributed by atoms with Gasteiger partial charge in [0.2, 0.25) is 5.88 Å². The molecule has 1 aromatic heterocycles. The van der Waals surface area contributed by atoms with Crippen LogP contribution >= 0.6 is 0 Å². The summed E-state index contributed by atoms with van der Waals surface area (Å²) < 4.78 is 11.0. The zero-order valence-corrected chi connectivity index (χ0v) is 17.9. The van der Waals surface area contributed by atoms with Gasteiger partial charge >= 0.3 is 5.97 Å². The smallest absolute Gasteiger partial charge is 0.338 e. The molecule has 7 heteroatoms. The van der Waals surface area contributed by atoms with Crippen molar-refractivity contribution in [2.75, 3.05) is 26.2 Å². The largest absolute Gasteiger partial charge is 0.477 e. The quantitative estimate of drug-likeness (QED) is 0.716. The fourth-order valence-corrected chi connectivity index (χ4v) is 4.27. The molecule has 0 saturated carbocycles. The third-order valence-corrected chi connectivity index (χ3v) is 6.50. The number of benzene rings is 1. The Morgan fingerprint density at radius 3 is 2.77 bits per heavy atom. The number of hydrogen-bond acceptors (Lipinski definition) is 7. The van der Waals surface area contributed by atoms with Gasteiger partial charge in [-0.3, -0.25) is 0 Å². The molecule has 1 aromatic carbocycles. The number of esters is 1. The zero-order valence-electron chi connectivity index (χ0n) is 17.9. The number of pyridine rings is 1. The minimum atomic E-state index is -0.607. The van der Waals surface area contributed by atoms with Crippen LogP contribution in [0.1, 0.15) is 58.5 Å². The van der Waals surface area contributed by atoms with Gasteiger partial charge in [0.15, 0.2) is 0 Å². The van der Waals surface area contributed by atoms with Crippen molar-refractivity contribution in [2.45, 2.75) is 39.4 Å². The number of hydrogen-bond donors (Lipinski definition) is 1. The summed E-state index contributed by atoms with van der Waals surface area (Å²) in [6.07, 6.45) is 2.83. The molecule has 0 aliphatic carbocycles. The summed E-state index contributed by atoms with van der Waals surface area (Å²) in [5.74, 6) is 0.250. The highest BCUT2D eigenvalue weighted by molar-refractivity contribution is 5.93. The molecule has 1 unspecified atom stereocenters. The molecule has 4 rings (SSSR count). The number of piperidine rings is 1. The van der Waals surface area contributed by atoms with Crippen molar-refractivity contribution < 1.29 is 19.4 Å².